The van der Waals surface area contributed by atoms with Crippen LogP contribution in [0, 0.1) is 13.8 Å². The summed E-state index contributed by atoms with van der Waals surface area (Å²) in [5, 5.41) is 7.09. The predicted octanol–water partition coefficient (Wildman–Crippen LogP) is 1.75. The second kappa shape index (κ2) is 2.90. The molecule has 3 nitrogen and oxygen atoms in total. The van der Waals surface area contributed by atoms with Gasteiger partial charge in [0.05, 0.1) is 11.2 Å². The van der Waals surface area contributed by atoms with Crippen molar-refractivity contribution >= 4 is 0 Å². The molecule has 1 N–H and O–H groups in total. The largest absolute Gasteiger partial charge is 0.359 e. The number of aromatic nitrogens is 1. The smallest absolute Gasteiger partial charge is 0.159 e. The van der Waals surface area contributed by atoms with Crippen molar-refractivity contribution in [3.63, 3.8) is 0 Å². The van der Waals surface area contributed by atoms with Gasteiger partial charge in [-0.3, -0.25) is 0 Å². The average molecular weight is 168 g/mol. The minimum absolute atomic E-state index is 0.134. The number of hydrogen-bond donors (Lipinski definition) is 1. The van der Waals surface area contributed by atoms with Crippen LogP contribution >= 0.6 is 0 Å². The lowest BCUT2D eigenvalue weighted by Gasteiger charge is -2.20. The van der Waals surface area contributed by atoms with Gasteiger partial charge in [0.1, 0.15) is 0 Å². The normalized spacial score (nSPS) is 12.1. The van der Waals surface area contributed by atoms with Crippen LogP contribution in [0.1, 0.15) is 30.9 Å². The van der Waals surface area contributed by atoms with Crippen molar-refractivity contribution in [2.75, 3.05) is 7.05 Å². The van der Waals surface area contributed by atoms with Crippen molar-refractivity contribution in [3.8, 4) is 0 Å². The van der Waals surface area contributed by atoms with Crippen LogP contribution in [0.5, 0.6) is 0 Å². The molecular weight excluding hydrogens is 152 g/mol. The summed E-state index contributed by atoms with van der Waals surface area (Å²) in [4.78, 5) is 0. The minimum atomic E-state index is -0.134. The first-order valence-electron chi connectivity index (χ1n) is 4.11. The van der Waals surface area contributed by atoms with Crippen LogP contribution in [0.15, 0.2) is 4.52 Å². The maximum absolute atomic E-state index is 5.24. The van der Waals surface area contributed by atoms with Crippen molar-refractivity contribution in [1.29, 1.82) is 0 Å². The summed E-state index contributed by atoms with van der Waals surface area (Å²) in [6, 6.07) is 0. The maximum Gasteiger partial charge on any atom is 0.159 e. The summed E-state index contributed by atoms with van der Waals surface area (Å²) in [6.45, 7) is 8.12. The highest BCUT2D eigenvalue weighted by Gasteiger charge is 2.25. The van der Waals surface area contributed by atoms with Crippen LogP contribution in [0.2, 0.25) is 0 Å². The van der Waals surface area contributed by atoms with Crippen LogP contribution in [-0.4, -0.2) is 12.2 Å². The SMILES string of the molecule is CNC(C)(C)c1onc(C)c1C. The van der Waals surface area contributed by atoms with Gasteiger partial charge in [0.15, 0.2) is 5.76 Å². The molecule has 0 aliphatic carbocycles. The first-order valence-corrected chi connectivity index (χ1v) is 4.11. The van der Waals surface area contributed by atoms with E-state index in [1.54, 1.807) is 0 Å². The molecule has 0 aliphatic rings. The van der Waals surface area contributed by atoms with Crippen LogP contribution in [-0.2, 0) is 5.54 Å². The summed E-state index contributed by atoms with van der Waals surface area (Å²) in [6.07, 6.45) is 0. The van der Waals surface area contributed by atoms with Gasteiger partial charge in [0.2, 0.25) is 0 Å². The van der Waals surface area contributed by atoms with Crippen LogP contribution < -0.4 is 5.32 Å². The molecule has 1 heterocycles. The lowest BCUT2D eigenvalue weighted by molar-refractivity contribution is 0.287. The highest BCUT2D eigenvalue weighted by Crippen LogP contribution is 2.24. The lowest BCUT2D eigenvalue weighted by atomic mass is 9.98. The summed E-state index contributed by atoms with van der Waals surface area (Å²) in [5.41, 5.74) is 1.97. The zero-order valence-electron chi connectivity index (χ0n) is 8.36. The van der Waals surface area contributed by atoms with Gasteiger partial charge in [0.25, 0.3) is 0 Å². The Morgan fingerprint density at radius 2 is 1.92 bits per heavy atom. The fourth-order valence-corrected chi connectivity index (χ4v) is 1.11. The molecule has 0 spiro atoms. The zero-order chi connectivity index (χ0) is 9.35. The molecule has 3 heteroatoms. The van der Waals surface area contributed by atoms with Crippen molar-refractivity contribution in [3.05, 3.63) is 17.0 Å². The van der Waals surface area contributed by atoms with Gasteiger partial charge < -0.3 is 9.84 Å². The fourth-order valence-electron chi connectivity index (χ4n) is 1.11. The quantitative estimate of drug-likeness (QED) is 0.731. The van der Waals surface area contributed by atoms with Crippen molar-refractivity contribution in [2.45, 2.75) is 33.2 Å². The average Bonchev–Trinajstić information content (AvgIpc) is 2.33. The van der Waals surface area contributed by atoms with E-state index in [1.165, 1.54) is 0 Å². The van der Waals surface area contributed by atoms with Gasteiger partial charge in [-0.2, -0.15) is 0 Å². The Bertz CT molecular complexity index is 276. The van der Waals surface area contributed by atoms with Gasteiger partial charge in [-0.25, -0.2) is 0 Å². The molecule has 0 aromatic carbocycles. The van der Waals surface area contributed by atoms with E-state index in [9.17, 15) is 0 Å². The first kappa shape index (κ1) is 9.26. The number of aryl methyl sites for hydroxylation is 1. The topological polar surface area (TPSA) is 38.1 Å². The molecule has 0 saturated carbocycles. The van der Waals surface area contributed by atoms with E-state index in [0.29, 0.717) is 0 Å². The highest BCUT2D eigenvalue weighted by atomic mass is 16.5. The van der Waals surface area contributed by atoms with Crippen molar-refractivity contribution < 1.29 is 4.52 Å². The molecule has 0 aliphatic heterocycles. The second-order valence-corrected chi connectivity index (χ2v) is 3.60. The molecule has 0 fully saturated rings. The van der Waals surface area contributed by atoms with Gasteiger partial charge in [-0.1, -0.05) is 5.16 Å². The molecule has 0 radical (unpaired) electrons. The molecule has 1 rings (SSSR count). The standard InChI is InChI=1S/C9H16N2O/c1-6-7(2)11-12-8(6)9(3,4)10-5/h10H,1-5H3. The van der Waals surface area contributed by atoms with Crippen LogP contribution in [0.3, 0.4) is 0 Å². The number of rotatable bonds is 2. The highest BCUT2D eigenvalue weighted by molar-refractivity contribution is 5.24. The van der Waals surface area contributed by atoms with Crippen LogP contribution in [0.4, 0.5) is 0 Å². The van der Waals surface area contributed by atoms with Gasteiger partial charge in [0, 0.05) is 5.56 Å². The third-order valence-corrected chi connectivity index (χ3v) is 2.35. The molecule has 1 aromatic rings. The Hall–Kier alpha value is -0.830. The zero-order valence-corrected chi connectivity index (χ0v) is 8.36. The second-order valence-electron chi connectivity index (χ2n) is 3.60. The monoisotopic (exact) mass is 168 g/mol. The molecule has 1 aromatic heterocycles. The van der Waals surface area contributed by atoms with E-state index in [2.05, 4.69) is 24.3 Å². The Labute approximate surface area is 73.1 Å². The molecule has 0 unspecified atom stereocenters. The van der Waals surface area contributed by atoms with Crippen LogP contribution in [0.25, 0.3) is 0 Å². The van der Waals surface area contributed by atoms with Gasteiger partial charge in [-0.15, -0.1) is 0 Å². The number of hydrogen-bond acceptors (Lipinski definition) is 3. The lowest BCUT2D eigenvalue weighted by Crippen LogP contribution is -2.33. The molecule has 0 amide bonds. The van der Waals surface area contributed by atoms with Gasteiger partial charge in [-0.05, 0) is 34.7 Å². The Kier molecular flexibility index (Phi) is 2.24. The minimum Gasteiger partial charge on any atom is -0.359 e. The fraction of sp³-hybridized carbons (Fsp3) is 0.667. The Morgan fingerprint density at radius 3 is 2.25 bits per heavy atom. The Morgan fingerprint density at radius 1 is 1.33 bits per heavy atom. The molecule has 0 bridgehead atoms. The van der Waals surface area contributed by atoms with Gasteiger partial charge >= 0.3 is 0 Å². The van der Waals surface area contributed by atoms with Crippen molar-refractivity contribution in [2.24, 2.45) is 0 Å². The third-order valence-electron chi connectivity index (χ3n) is 2.35. The number of nitrogens with zero attached hydrogens (tertiary/aromatic N) is 1. The van der Waals surface area contributed by atoms with E-state index < -0.39 is 0 Å². The van der Waals surface area contributed by atoms with E-state index in [-0.39, 0.29) is 5.54 Å². The molecule has 68 valence electrons. The summed E-state index contributed by atoms with van der Waals surface area (Å²) < 4.78 is 5.24. The first-order chi connectivity index (χ1) is 5.49. The Balaban J connectivity index is 3.11. The third kappa shape index (κ3) is 1.37. The predicted molar refractivity (Wildman–Crippen MR) is 48.1 cm³/mol. The number of nitrogens with one attached hydrogen (secondary N) is 1. The molecule has 12 heavy (non-hydrogen) atoms. The van der Waals surface area contributed by atoms with E-state index in [4.69, 9.17) is 4.52 Å². The van der Waals surface area contributed by atoms with E-state index in [0.717, 1.165) is 17.0 Å². The summed E-state index contributed by atoms with van der Waals surface area (Å²) in [5.74, 6) is 0.919. The summed E-state index contributed by atoms with van der Waals surface area (Å²) >= 11 is 0. The molecule has 0 saturated heterocycles. The summed E-state index contributed by atoms with van der Waals surface area (Å²) in [7, 11) is 1.91. The molecule has 0 atom stereocenters. The van der Waals surface area contributed by atoms with Crippen molar-refractivity contribution in [1.82, 2.24) is 10.5 Å². The van der Waals surface area contributed by atoms with E-state index >= 15 is 0 Å². The molecular formula is C9H16N2O. The maximum atomic E-state index is 5.24. The van der Waals surface area contributed by atoms with E-state index in [1.807, 2.05) is 20.9 Å².